The Balaban J connectivity index is 1.90. The second-order valence-electron chi connectivity index (χ2n) is 5.90. The predicted octanol–water partition coefficient (Wildman–Crippen LogP) is 2.89. The summed E-state index contributed by atoms with van der Waals surface area (Å²) in [5, 5.41) is 1.31. The molecular formula is C14H21N3O2S. The van der Waals surface area contributed by atoms with E-state index in [-0.39, 0.29) is 6.09 Å². The number of aryl methyl sites for hydroxylation is 1. The first-order valence-electron chi connectivity index (χ1n) is 6.77. The number of rotatable bonds is 2. The average molecular weight is 295 g/mol. The van der Waals surface area contributed by atoms with Crippen LogP contribution >= 0.6 is 11.8 Å². The summed E-state index contributed by atoms with van der Waals surface area (Å²) in [5.74, 6) is 0. The molecule has 0 bridgehead atoms. The van der Waals surface area contributed by atoms with Crippen LogP contribution in [0.5, 0.6) is 0 Å². The van der Waals surface area contributed by atoms with Crippen LogP contribution in [0.2, 0.25) is 0 Å². The molecule has 1 aliphatic rings. The van der Waals surface area contributed by atoms with Crippen molar-refractivity contribution in [2.45, 2.75) is 50.0 Å². The largest absolute Gasteiger partial charge is 0.444 e. The van der Waals surface area contributed by atoms with Crippen molar-refractivity contribution >= 4 is 17.9 Å². The Bertz CT molecular complexity index is 488. The van der Waals surface area contributed by atoms with Crippen LogP contribution in [0.25, 0.3) is 0 Å². The van der Waals surface area contributed by atoms with Crippen LogP contribution < -0.4 is 0 Å². The van der Waals surface area contributed by atoms with Gasteiger partial charge in [-0.2, -0.15) is 0 Å². The summed E-state index contributed by atoms with van der Waals surface area (Å²) >= 11 is 1.69. The van der Waals surface area contributed by atoms with Crippen molar-refractivity contribution in [3.63, 3.8) is 0 Å². The molecule has 20 heavy (non-hydrogen) atoms. The Kier molecular flexibility index (Phi) is 4.52. The van der Waals surface area contributed by atoms with Crippen molar-refractivity contribution in [2.75, 3.05) is 13.1 Å². The van der Waals surface area contributed by atoms with Crippen LogP contribution in [-0.4, -0.2) is 44.9 Å². The van der Waals surface area contributed by atoms with Gasteiger partial charge < -0.3 is 9.64 Å². The summed E-state index contributed by atoms with van der Waals surface area (Å²) in [6.07, 6.45) is 4.13. The molecule has 0 aromatic carbocycles. The molecule has 1 atom stereocenters. The fraction of sp³-hybridized carbons (Fsp3) is 0.643. The molecule has 0 unspecified atom stereocenters. The van der Waals surface area contributed by atoms with Gasteiger partial charge in [-0.05, 0) is 34.1 Å². The Morgan fingerprint density at radius 3 is 2.75 bits per heavy atom. The van der Waals surface area contributed by atoms with E-state index in [1.54, 1.807) is 29.1 Å². The molecule has 0 saturated carbocycles. The minimum absolute atomic E-state index is 0.225. The highest BCUT2D eigenvalue weighted by atomic mass is 32.2. The third-order valence-corrected chi connectivity index (χ3v) is 4.25. The second-order valence-corrected chi connectivity index (χ2v) is 7.19. The van der Waals surface area contributed by atoms with Crippen LogP contribution in [0.1, 0.15) is 32.9 Å². The molecule has 0 spiro atoms. The zero-order valence-electron chi connectivity index (χ0n) is 12.4. The lowest BCUT2D eigenvalue weighted by molar-refractivity contribution is 0.0295. The van der Waals surface area contributed by atoms with Crippen LogP contribution in [0.15, 0.2) is 17.4 Å². The van der Waals surface area contributed by atoms with Gasteiger partial charge in [0.05, 0.1) is 5.69 Å². The summed E-state index contributed by atoms with van der Waals surface area (Å²) in [5.41, 5.74) is 0.497. The predicted molar refractivity (Wildman–Crippen MR) is 78.8 cm³/mol. The maximum Gasteiger partial charge on any atom is 0.410 e. The molecule has 1 aromatic heterocycles. The molecule has 5 nitrogen and oxygen atoms in total. The lowest BCUT2D eigenvalue weighted by Gasteiger charge is -2.24. The highest BCUT2D eigenvalue weighted by Gasteiger charge is 2.30. The minimum atomic E-state index is -0.441. The highest BCUT2D eigenvalue weighted by molar-refractivity contribution is 7.99. The van der Waals surface area contributed by atoms with Crippen LogP contribution in [0.4, 0.5) is 4.79 Å². The topological polar surface area (TPSA) is 55.3 Å². The van der Waals surface area contributed by atoms with Crippen molar-refractivity contribution in [3.8, 4) is 0 Å². The van der Waals surface area contributed by atoms with Crippen LogP contribution in [-0.2, 0) is 4.74 Å². The monoisotopic (exact) mass is 295 g/mol. The van der Waals surface area contributed by atoms with Gasteiger partial charge in [0.2, 0.25) is 0 Å². The Morgan fingerprint density at radius 1 is 1.40 bits per heavy atom. The summed E-state index contributed by atoms with van der Waals surface area (Å²) in [4.78, 5) is 22.3. The van der Waals surface area contributed by atoms with Crippen molar-refractivity contribution < 1.29 is 9.53 Å². The minimum Gasteiger partial charge on any atom is -0.444 e. The van der Waals surface area contributed by atoms with Crippen molar-refractivity contribution in [1.29, 1.82) is 0 Å². The first kappa shape index (κ1) is 15.1. The van der Waals surface area contributed by atoms with Gasteiger partial charge in [0, 0.05) is 30.7 Å². The third-order valence-electron chi connectivity index (χ3n) is 2.91. The smallest absolute Gasteiger partial charge is 0.410 e. The van der Waals surface area contributed by atoms with Gasteiger partial charge in [-0.25, -0.2) is 9.78 Å². The van der Waals surface area contributed by atoms with E-state index in [0.29, 0.717) is 11.8 Å². The summed E-state index contributed by atoms with van der Waals surface area (Å²) < 4.78 is 5.39. The van der Waals surface area contributed by atoms with Gasteiger partial charge in [-0.1, -0.05) is 11.8 Å². The Labute approximate surface area is 124 Å². The number of ether oxygens (including phenoxy) is 1. The van der Waals surface area contributed by atoms with E-state index in [1.165, 1.54) is 0 Å². The van der Waals surface area contributed by atoms with Crippen molar-refractivity contribution in [3.05, 3.63) is 18.1 Å². The van der Waals surface area contributed by atoms with Crippen LogP contribution in [0.3, 0.4) is 0 Å². The van der Waals surface area contributed by atoms with E-state index >= 15 is 0 Å². The van der Waals surface area contributed by atoms with E-state index < -0.39 is 5.60 Å². The summed E-state index contributed by atoms with van der Waals surface area (Å²) in [6.45, 7) is 9.06. The maximum atomic E-state index is 12.0. The lowest BCUT2D eigenvalue weighted by Crippen LogP contribution is -2.35. The van der Waals surface area contributed by atoms with Gasteiger partial charge in [0.25, 0.3) is 0 Å². The second kappa shape index (κ2) is 5.99. The zero-order chi connectivity index (χ0) is 14.8. The molecule has 6 heteroatoms. The number of hydrogen-bond donors (Lipinski definition) is 0. The molecule has 0 N–H and O–H groups in total. The average Bonchev–Trinajstić information content (AvgIpc) is 2.79. The number of hydrogen-bond acceptors (Lipinski definition) is 5. The highest BCUT2D eigenvalue weighted by Crippen LogP contribution is 2.30. The number of carbonyl (C=O) groups excluding carboxylic acids is 1. The molecule has 2 rings (SSSR count). The van der Waals surface area contributed by atoms with E-state index in [9.17, 15) is 4.79 Å². The number of nitrogens with zero attached hydrogens (tertiary/aromatic N) is 3. The quantitative estimate of drug-likeness (QED) is 0.839. The van der Waals surface area contributed by atoms with Crippen molar-refractivity contribution in [2.24, 2.45) is 0 Å². The fourth-order valence-corrected chi connectivity index (χ4v) is 3.12. The van der Waals surface area contributed by atoms with E-state index in [4.69, 9.17) is 4.74 Å². The molecule has 1 aromatic rings. The molecular weight excluding hydrogens is 274 g/mol. The van der Waals surface area contributed by atoms with E-state index in [0.717, 1.165) is 23.7 Å². The molecule has 1 fully saturated rings. The molecule has 2 heterocycles. The molecule has 1 saturated heterocycles. The third kappa shape index (κ3) is 4.10. The molecule has 110 valence electrons. The Morgan fingerprint density at radius 2 is 2.10 bits per heavy atom. The zero-order valence-corrected chi connectivity index (χ0v) is 13.2. The van der Waals surface area contributed by atoms with Gasteiger partial charge >= 0.3 is 6.09 Å². The van der Waals surface area contributed by atoms with E-state index in [2.05, 4.69) is 9.97 Å². The van der Waals surface area contributed by atoms with Crippen molar-refractivity contribution in [1.82, 2.24) is 14.9 Å². The standard InChI is InChI=1S/C14H21N3O2S/c1-10-12(16-7-6-15-10)20-11-5-8-17(9-11)13(18)19-14(2,3)4/h6-7,11H,5,8-9H2,1-4H3/t11-/m1/s1. The van der Waals surface area contributed by atoms with Gasteiger partial charge in [0.1, 0.15) is 10.6 Å². The maximum absolute atomic E-state index is 12.0. The molecule has 1 aliphatic heterocycles. The van der Waals surface area contributed by atoms with Crippen LogP contribution in [0, 0.1) is 6.92 Å². The lowest BCUT2D eigenvalue weighted by atomic mass is 10.2. The SMILES string of the molecule is Cc1nccnc1S[C@@H]1CCN(C(=O)OC(C)(C)C)C1. The number of amides is 1. The first-order chi connectivity index (χ1) is 9.35. The summed E-state index contributed by atoms with van der Waals surface area (Å²) in [6, 6.07) is 0. The first-order valence-corrected chi connectivity index (χ1v) is 7.65. The summed E-state index contributed by atoms with van der Waals surface area (Å²) in [7, 11) is 0. The molecule has 0 aliphatic carbocycles. The van der Waals surface area contributed by atoms with Gasteiger partial charge in [-0.3, -0.25) is 4.98 Å². The number of thioether (sulfide) groups is 1. The fourth-order valence-electron chi connectivity index (χ4n) is 1.99. The number of carbonyl (C=O) groups is 1. The number of aromatic nitrogens is 2. The van der Waals surface area contributed by atoms with E-state index in [1.807, 2.05) is 27.7 Å². The normalized spacial score (nSPS) is 19.2. The Hall–Kier alpha value is -1.30. The van der Waals surface area contributed by atoms with Gasteiger partial charge in [0.15, 0.2) is 0 Å². The molecule has 0 radical (unpaired) electrons. The number of likely N-dealkylation sites (tertiary alicyclic amines) is 1. The molecule has 1 amide bonds. The van der Waals surface area contributed by atoms with Gasteiger partial charge in [-0.15, -0.1) is 0 Å².